The minimum Gasteiger partial charge on any atom is -0.250 e. The van der Waals surface area contributed by atoms with E-state index in [1.165, 1.54) is 6.42 Å². The lowest BCUT2D eigenvalue weighted by molar-refractivity contribution is -0.0403. The number of nitrogens with zero attached hydrogens (tertiary/aromatic N) is 1. The average Bonchev–Trinajstić information content (AvgIpc) is 2.02. The van der Waals surface area contributed by atoms with Crippen LogP contribution in [0, 0.1) is 5.92 Å². The van der Waals surface area contributed by atoms with Gasteiger partial charge in [-0.2, -0.15) is 0 Å². The fourth-order valence-corrected chi connectivity index (χ4v) is 1.76. The molecule has 0 aromatic heterocycles. The summed E-state index contributed by atoms with van der Waals surface area (Å²) in [5, 5.41) is 2.30. The van der Waals surface area contributed by atoms with Crippen LogP contribution < -0.4 is 5.43 Å². The van der Waals surface area contributed by atoms with Crippen LogP contribution in [0.1, 0.15) is 34.1 Å². The maximum atomic E-state index is 3.46. The SMILES string of the molecule is CC[C@H](C)[C@@H]1NN(CC)C1C. The Hall–Kier alpha value is -0.0800. The minimum atomic E-state index is 0.722. The van der Waals surface area contributed by atoms with E-state index in [9.17, 15) is 0 Å². The van der Waals surface area contributed by atoms with Gasteiger partial charge in [-0.1, -0.05) is 27.2 Å². The number of rotatable bonds is 3. The van der Waals surface area contributed by atoms with Crippen molar-refractivity contribution in [2.24, 2.45) is 5.92 Å². The van der Waals surface area contributed by atoms with E-state index in [1.807, 2.05) is 0 Å². The Morgan fingerprint density at radius 2 is 2.09 bits per heavy atom. The first-order valence-corrected chi connectivity index (χ1v) is 4.73. The van der Waals surface area contributed by atoms with Crippen molar-refractivity contribution < 1.29 is 0 Å². The van der Waals surface area contributed by atoms with Crippen molar-refractivity contribution in [3.05, 3.63) is 0 Å². The second-order valence-corrected chi connectivity index (χ2v) is 3.57. The van der Waals surface area contributed by atoms with Crippen LogP contribution in [0.4, 0.5) is 0 Å². The molecule has 0 aliphatic carbocycles. The fraction of sp³-hybridized carbons (Fsp3) is 1.00. The molecule has 0 bridgehead atoms. The molecule has 0 saturated carbocycles. The molecule has 0 radical (unpaired) electrons. The van der Waals surface area contributed by atoms with E-state index < -0.39 is 0 Å². The van der Waals surface area contributed by atoms with Gasteiger partial charge < -0.3 is 0 Å². The maximum Gasteiger partial charge on any atom is 0.0407 e. The van der Waals surface area contributed by atoms with Crippen molar-refractivity contribution in [3.63, 3.8) is 0 Å². The number of nitrogens with one attached hydrogen (secondary N) is 1. The first-order chi connectivity index (χ1) is 5.20. The highest BCUT2D eigenvalue weighted by Gasteiger charge is 2.36. The summed E-state index contributed by atoms with van der Waals surface area (Å²) < 4.78 is 0. The van der Waals surface area contributed by atoms with Gasteiger partial charge in [0, 0.05) is 18.6 Å². The van der Waals surface area contributed by atoms with Crippen molar-refractivity contribution in [1.29, 1.82) is 0 Å². The number of hydrogen-bond acceptors (Lipinski definition) is 2. The molecule has 11 heavy (non-hydrogen) atoms. The number of hydrazine groups is 1. The van der Waals surface area contributed by atoms with Gasteiger partial charge in [0.15, 0.2) is 0 Å². The quantitative estimate of drug-likeness (QED) is 0.668. The summed E-state index contributed by atoms with van der Waals surface area (Å²) in [5.74, 6) is 0.813. The van der Waals surface area contributed by atoms with E-state index >= 15 is 0 Å². The first kappa shape index (κ1) is 9.01. The van der Waals surface area contributed by atoms with E-state index in [0.717, 1.165) is 24.5 Å². The van der Waals surface area contributed by atoms with Crippen molar-refractivity contribution in [2.75, 3.05) is 6.54 Å². The molecule has 66 valence electrons. The van der Waals surface area contributed by atoms with Crippen LogP contribution in [0.5, 0.6) is 0 Å². The molecule has 2 nitrogen and oxygen atoms in total. The third-order valence-corrected chi connectivity index (χ3v) is 2.92. The highest BCUT2D eigenvalue weighted by molar-refractivity contribution is 4.90. The van der Waals surface area contributed by atoms with Crippen LogP contribution in [-0.2, 0) is 0 Å². The Bertz CT molecular complexity index is 125. The van der Waals surface area contributed by atoms with Gasteiger partial charge in [-0.05, 0) is 12.8 Å². The van der Waals surface area contributed by atoms with Crippen LogP contribution in [0.25, 0.3) is 0 Å². The van der Waals surface area contributed by atoms with E-state index in [1.54, 1.807) is 0 Å². The van der Waals surface area contributed by atoms with Gasteiger partial charge in [-0.15, -0.1) is 0 Å². The van der Waals surface area contributed by atoms with Gasteiger partial charge in [0.1, 0.15) is 0 Å². The molecule has 1 fully saturated rings. The van der Waals surface area contributed by atoms with Crippen LogP contribution >= 0.6 is 0 Å². The Balaban J connectivity index is 2.32. The summed E-state index contributed by atoms with van der Waals surface area (Å²) in [5.41, 5.74) is 3.46. The molecule has 3 atom stereocenters. The monoisotopic (exact) mass is 156 g/mol. The van der Waals surface area contributed by atoms with Gasteiger partial charge in [0.25, 0.3) is 0 Å². The van der Waals surface area contributed by atoms with Gasteiger partial charge in [-0.3, -0.25) is 0 Å². The van der Waals surface area contributed by atoms with E-state index in [0.29, 0.717) is 0 Å². The van der Waals surface area contributed by atoms with Gasteiger partial charge >= 0.3 is 0 Å². The molecule has 1 N–H and O–H groups in total. The smallest absolute Gasteiger partial charge is 0.0407 e. The minimum absolute atomic E-state index is 0.722. The molecule has 1 rings (SSSR count). The van der Waals surface area contributed by atoms with Crippen LogP contribution in [-0.4, -0.2) is 23.6 Å². The summed E-state index contributed by atoms with van der Waals surface area (Å²) in [4.78, 5) is 0. The molecule has 1 aliphatic heterocycles. The fourth-order valence-electron chi connectivity index (χ4n) is 1.76. The molecule has 1 aliphatic rings. The van der Waals surface area contributed by atoms with Crippen molar-refractivity contribution in [3.8, 4) is 0 Å². The summed E-state index contributed by atoms with van der Waals surface area (Å²) in [6.45, 7) is 10.2. The molecular weight excluding hydrogens is 136 g/mol. The predicted molar refractivity (Wildman–Crippen MR) is 48.2 cm³/mol. The standard InChI is InChI=1S/C9H20N2/c1-5-7(3)9-8(4)11(6-2)10-9/h7-10H,5-6H2,1-4H3/t7-,8?,9-/m0/s1. The zero-order valence-electron chi connectivity index (χ0n) is 8.09. The molecular formula is C9H20N2. The number of likely N-dealkylation sites (N-methyl/N-ethyl adjacent to an activating group) is 1. The molecule has 0 spiro atoms. The highest BCUT2D eigenvalue weighted by Crippen LogP contribution is 2.22. The lowest BCUT2D eigenvalue weighted by atomic mass is 9.90. The molecule has 0 amide bonds. The molecule has 0 aromatic carbocycles. The van der Waals surface area contributed by atoms with E-state index in [4.69, 9.17) is 0 Å². The summed E-state index contributed by atoms with van der Waals surface area (Å²) in [6, 6.07) is 1.45. The summed E-state index contributed by atoms with van der Waals surface area (Å²) in [6.07, 6.45) is 1.28. The topological polar surface area (TPSA) is 15.3 Å². The summed E-state index contributed by atoms with van der Waals surface area (Å²) in [7, 11) is 0. The molecule has 1 saturated heterocycles. The first-order valence-electron chi connectivity index (χ1n) is 4.73. The van der Waals surface area contributed by atoms with Crippen molar-refractivity contribution >= 4 is 0 Å². The molecule has 2 heteroatoms. The predicted octanol–water partition coefficient (Wildman–Crippen LogP) is 1.63. The van der Waals surface area contributed by atoms with Crippen LogP contribution in [0.2, 0.25) is 0 Å². The third-order valence-electron chi connectivity index (χ3n) is 2.92. The zero-order chi connectivity index (χ0) is 8.43. The van der Waals surface area contributed by atoms with Gasteiger partial charge in [0.05, 0.1) is 0 Å². The van der Waals surface area contributed by atoms with Crippen LogP contribution in [0.15, 0.2) is 0 Å². The molecule has 1 unspecified atom stereocenters. The Morgan fingerprint density at radius 3 is 2.45 bits per heavy atom. The molecule has 0 aromatic rings. The van der Waals surface area contributed by atoms with Crippen molar-refractivity contribution in [1.82, 2.24) is 10.4 Å². The van der Waals surface area contributed by atoms with Gasteiger partial charge in [0.2, 0.25) is 0 Å². The largest absolute Gasteiger partial charge is 0.250 e. The second kappa shape index (κ2) is 3.55. The van der Waals surface area contributed by atoms with Crippen molar-refractivity contribution in [2.45, 2.75) is 46.2 Å². The summed E-state index contributed by atoms with van der Waals surface area (Å²) >= 11 is 0. The van der Waals surface area contributed by atoms with E-state index in [2.05, 4.69) is 38.1 Å². The Labute approximate surface area is 69.9 Å². The average molecular weight is 156 g/mol. The normalized spacial score (nSPS) is 34.9. The van der Waals surface area contributed by atoms with Gasteiger partial charge in [-0.25, -0.2) is 10.4 Å². The third kappa shape index (κ3) is 1.57. The lowest BCUT2D eigenvalue weighted by Crippen LogP contribution is -2.69. The lowest BCUT2D eigenvalue weighted by Gasteiger charge is -2.49. The Kier molecular flexibility index (Phi) is 2.90. The van der Waals surface area contributed by atoms with Crippen LogP contribution in [0.3, 0.4) is 0 Å². The maximum absolute atomic E-state index is 3.46. The number of hydrogen-bond donors (Lipinski definition) is 1. The highest BCUT2D eigenvalue weighted by atomic mass is 15.6. The zero-order valence-corrected chi connectivity index (χ0v) is 8.09. The Morgan fingerprint density at radius 1 is 1.45 bits per heavy atom. The molecule has 1 heterocycles. The van der Waals surface area contributed by atoms with E-state index in [-0.39, 0.29) is 0 Å². The second-order valence-electron chi connectivity index (χ2n) is 3.57.